The Morgan fingerprint density at radius 3 is 2.75 bits per heavy atom. The quantitative estimate of drug-likeness (QED) is 0.674. The Morgan fingerprint density at radius 2 is 2.19 bits per heavy atom. The van der Waals surface area contributed by atoms with Crippen LogP contribution in [-0.4, -0.2) is 13.1 Å². The lowest BCUT2D eigenvalue weighted by Crippen LogP contribution is -2.32. The molecule has 0 aliphatic rings. The van der Waals surface area contributed by atoms with Crippen LogP contribution in [0.5, 0.6) is 0 Å². The molecule has 1 nitrogen and oxygen atoms in total. The maximum Gasteiger partial charge on any atom is 0.000517 e. The van der Waals surface area contributed by atoms with E-state index in [1.807, 2.05) is 0 Å². The van der Waals surface area contributed by atoms with Crippen molar-refractivity contribution in [3.05, 3.63) is 22.4 Å². The summed E-state index contributed by atoms with van der Waals surface area (Å²) in [5.41, 5.74) is 1.96. The van der Waals surface area contributed by atoms with Crippen molar-refractivity contribution in [2.75, 3.05) is 13.1 Å². The lowest BCUT2D eigenvalue weighted by molar-refractivity contribution is 0.270. The van der Waals surface area contributed by atoms with Crippen LogP contribution in [0.1, 0.15) is 45.6 Å². The summed E-state index contributed by atoms with van der Waals surface area (Å²) in [5.74, 6) is 0. The van der Waals surface area contributed by atoms with Gasteiger partial charge in [-0.15, -0.1) is 0 Å². The summed E-state index contributed by atoms with van der Waals surface area (Å²) in [6.07, 6.45) is 5.00. The number of aryl methyl sites for hydroxylation is 1. The molecule has 0 amide bonds. The molecule has 1 N–H and O–H groups in total. The summed E-state index contributed by atoms with van der Waals surface area (Å²) in [6.45, 7) is 9.24. The third-order valence-electron chi connectivity index (χ3n) is 3.43. The highest BCUT2D eigenvalue weighted by Crippen LogP contribution is 2.27. The van der Waals surface area contributed by atoms with Gasteiger partial charge in [0.15, 0.2) is 0 Å². The standard InChI is InChI=1S/C14H25NS/c1-4-9-15-12-14(3,5-2)8-6-13-7-10-16-11-13/h7,10-11,15H,4-6,8-9,12H2,1-3H3. The van der Waals surface area contributed by atoms with E-state index >= 15 is 0 Å². The fourth-order valence-electron chi connectivity index (χ4n) is 1.84. The first-order chi connectivity index (χ1) is 7.70. The van der Waals surface area contributed by atoms with Crippen molar-refractivity contribution in [1.29, 1.82) is 0 Å². The van der Waals surface area contributed by atoms with Gasteiger partial charge in [0.2, 0.25) is 0 Å². The highest BCUT2D eigenvalue weighted by atomic mass is 32.1. The molecule has 16 heavy (non-hydrogen) atoms. The lowest BCUT2D eigenvalue weighted by atomic mass is 9.82. The smallest absolute Gasteiger partial charge is 0.000517 e. The fourth-order valence-corrected chi connectivity index (χ4v) is 2.54. The summed E-state index contributed by atoms with van der Waals surface area (Å²) < 4.78 is 0. The third kappa shape index (κ3) is 4.67. The van der Waals surface area contributed by atoms with E-state index in [4.69, 9.17) is 0 Å². The van der Waals surface area contributed by atoms with Crippen LogP contribution in [0.4, 0.5) is 0 Å². The molecule has 0 aromatic carbocycles. The molecule has 0 aliphatic carbocycles. The number of nitrogens with one attached hydrogen (secondary N) is 1. The van der Waals surface area contributed by atoms with Gasteiger partial charge in [0.1, 0.15) is 0 Å². The Hall–Kier alpha value is -0.340. The first-order valence-electron chi connectivity index (χ1n) is 6.42. The van der Waals surface area contributed by atoms with E-state index in [1.54, 1.807) is 11.3 Å². The average molecular weight is 239 g/mol. The molecule has 1 heterocycles. The highest BCUT2D eigenvalue weighted by molar-refractivity contribution is 7.07. The molecule has 1 atom stereocenters. The minimum Gasteiger partial charge on any atom is -0.316 e. The first kappa shape index (κ1) is 13.7. The molecule has 0 spiro atoms. The van der Waals surface area contributed by atoms with Gasteiger partial charge in [-0.05, 0) is 60.0 Å². The van der Waals surface area contributed by atoms with Gasteiger partial charge in [-0.25, -0.2) is 0 Å². The largest absolute Gasteiger partial charge is 0.316 e. The van der Waals surface area contributed by atoms with Crippen molar-refractivity contribution in [3.8, 4) is 0 Å². The number of hydrogen-bond acceptors (Lipinski definition) is 2. The third-order valence-corrected chi connectivity index (χ3v) is 4.16. The summed E-state index contributed by atoms with van der Waals surface area (Å²) in [7, 11) is 0. The second-order valence-electron chi connectivity index (χ2n) is 4.97. The Morgan fingerprint density at radius 1 is 1.38 bits per heavy atom. The van der Waals surface area contributed by atoms with Crippen molar-refractivity contribution in [1.82, 2.24) is 5.32 Å². The SMILES string of the molecule is CCCNCC(C)(CC)CCc1ccsc1. The molecule has 0 aliphatic heterocycles. The van der Waals surface area contributed by atoms with E-state index in [-0.39, 0.29) is 0 Å². The first-order valence-corrected chi connectivity index (χ1v) is 7.36. The van der Waals surface area contributed by atoms with Crippen LogP contribution in [0.3, 0.4) is 0 Å². The summed E-state index contributed by atoms with van der Waals surface area (Å²) in [5, 5.41) is 8.01. The van der Waals surface area contributed by atoms with Crippen molar-refractivity contribution < 1.29 is 0 Å². The minimum absolute atomic E-state index is 0.455. The molecule has 92 valence electrons. The topological polar surface area (TPSA) is 12.0 Å². The maximum absolute atomic E-state index is 3.56. The molecule has 1 unspecified atom stereocenters. The van der Waals surface area contributed by atoms with E-state index in [0.29, 0.717) is 5.41 Å². The Labute approximate surface area is 104 Å². The second-order valence-corrected chi connectivity index (χ2v) is 5.75. The van der Waals surface area contributed by atoms with E-state index in [0.717, 1.165) is 13.1 Å². The monoisotopic (exact) mass is 239 g/mol. The number of rotatable bonds is 8. The predicted octanol–water partition coefficient (Wildman–Crippen LogP) is 4.10. The Kier molecular flexibility index (Phi) is 6.07. The predicted molar refractivity (Wildman–Crippen MR) is 74.2 cm³/mol. The Bertz CT molecular complexity index is 268. The fraction of sp³-hybridized carbons (Fsp3) is 0.714. The Balaban J connectivity index is 2.34. The van der Waals surface area contributed by atoms with E-state index in [9.17, 15) is 0 Å². The molecule has 1 aromatic rings. The zero-order chi connectivity index (χ0) is 11.9. The lowest BCUT2D eigenvalue weighted by Gasteiger charge is -2.28. The molecule has 0 saturated heterocycles. The van der Waals surface area contributed by atoms with Gasteiger partial charge in [-0.1, -0.05) is 20.8 Å². The summed E-state index contributed by atoms with van der Waals surface area (Å²) in [4.78, 5) is 0. The summed E-state index contributed by atoms with van der Waals surface area (Å²) in [6, 6.07) is 2.25. The zero-order valence-electron chi connectivity index (χ0n) is 10.9. The molecule has 0 radical (unpaired) electrons. The van der Waals surface area contributed by atoms with Crippen LogP contribution in [-0.2, 0) is 6.42 Å². The molecule has 2 heteroatoms. The molecule has 1 rings (SSSR count). The van der Waals surface area contributed by atoms with Crippen LogP contribution in [0, 0.1) is 5.41 Å². The van der Waals surface area contributed by atoms with E-state index < -0.39 is 0 Å². The van der Waals surface area contributed by atoms with Gasteiger partial charge < -0.3 is 5.32 Å². The normalized spacial score (nSPS) is 14.9. The van der Waals surface area contributed by atoms with Gasteiger partial charge in [-0.2, -0.15) is 11.3 Å². The van der Waals surface area contributed by atoms with Gasteiger partial charge in [0.05, 0.1) is 0 Å². The van der Waals surface area contributed by atoms with E-state index in [2.05, 4.69) is 42.9 Å². The van der Waals surface area contributed by atoms with Gasteiger partial charge in [-0.3, -0.25) is 0 Å². The second kappa shape index (κ2) is 7.08. The van der Waals surface area contributed by atoms with Crippen LogP contribution in [0.2, 0.25) is 0 Å². The number of hydrogen-bond donors (Lipinski definition) is 1. The van der Waals surface area contributed by atoms with Gasteiger partial charge in [0.25, 0.3) is 0 Å². The molecular weight excluding hydrogens is 214 g/mol. The molecular formula is C14H25NS. The molecule has 0 bridgehead atoms. The van der Waals surface area contributed by atoms with Crippen molar-refractivity contribution in [3.63, 3.8) is 0 Å². The van der Waals surface area contributed by atoms with Crippen LogP contribution < -0.4 is 5.32 Å². The summed E-state index contributed by atoms with van der Waals surface area (Å²) >= 11 is 1.80. The average Bonchev–Trinajstić information content (AvgIpc) is 2.80. The zero-order valence-corrected chi connectivity index (χ0v) is 11.7. The van der Waals surface area contributed by atoms with Crippen molar-refractivity contribution in [2.45, 2.75) is 46.5 Å². The molecule has 1 aromatic heterocycles. The van der Waals surface area contributed by atoms with Gasteiger partial charge >= 0.3 is 0 Å². The van der Waals surface area contributed by atoms with E-state index in [1.165, 1.54) is 31.2 Å². The molecule has 0 fully saturated rings. The van der Waals surface area contributed by atoms with Crippen LogP contribution in [0.15, 0.2) is 16.8 Å². The van der Waals surface area contributed by atoms with Crippen LogP contribution in [0.25, 0.3) is 0 Å². The van der Waals surface area contributed by atoms with Crippen molar-refractivity contribution >= 4 is 11.3 Å². The highest BCUT2D eigenvalue weighted by Gasteiger charge is 2.21. The van der Waals surface area contributed by atoms with Crippen LogP contribution >= 0.6 is 11.3 Å². The number of thiophene rings is 1. The van der Waals surface area contributed by atoms with Crippen molar-refractivity contribution in [2.24, 2.45) is 5.41 Å². The maximum atomic E-state index is 3.56. The van der Waals surface area contributed by atoms with Gasteiger partial charge in [0, 0.05) is 6.54 Å². The minimum atomic E-state index is 0.455. The molecule has 0 saturated carbocycles.